The molecule has 0 fully saturated rings. The summed E-state index contributed by atoms with van der Waals surface area (Å²) >= 11 is 16.0. The fourth-order valence-electron chi connectivity index (χ4n) is 0.917. The maximum absolute atomic E-state index is 12.8. The zero-order chi connectivity index (χ0) is 11.9. The maximum atomic E-state index is 12.8. The molecule has 0 bridgehead atoms. The highest BCUT2D eigenvalue weighted by atomic mass is 35.6. The Balaban J connectivity index is 3.30. The zero-order valence-corrected chi connectivity index (χ0v) is 9.15. The van der Waals surface area contributed by atoms with E-state index in [0.29, 0.717) is 12.1 Å². The Labute approximate surface area is 97.7 Å². The second-order valence-electron chi connectivity index (χ2n) is 2.72. The smallest absolute Gasteiger partial charge is 0.207 e. The molecule has 0 aliphatic carbocycles. The Bertz CT molecular complexity index is 335. The highest BCUT2D eigenvalue weighted by molar-refractivity contribution is 6.66. The summed E-state index contributed by atoms with van der Waals surface area (Å²) < 4.78 is 47.5. The molecule has 0 aliphatic heterocycles. The van der Waals surface area contributed by atoms with Gasteiger partial charge in [-0.3, -0.25) is 0 Å². The van der Waals surface area contributed by atoms with Crippen LogP contribution in [0.2, 0.25) is 0 Å². The summed E-state index contributed by atoms with van der Waals surface area (Å²) in [5, 5.41) is 0. The molecular formula is C8H3Cl3F4. The lowest BCUT2D eigenvalue weighted by Crippen LogP contribution is -2.09. The Morgan fingerprint density at radius 2 is 1.33 bits per heavy atom. The van der Waals surface area contributed by atoms with E-state index in [2.05, 4.69) is 0 Å². The molecule has 0 radical (unpaired) electrons. The Hall–Kier alpha value is -0.190. The predicted octanol–water partition coefficient (Wildman–Crippen LogP) is 4.67. The van der Waals surface area contributed by atoms with Gasteiger partial charge in [-0.25, -0.2) is 4.39 Å². The van der Waals surface area contributed by atoms with Crippen LogP contribution in [-0.2, 0) is 9.97 Å². The van der Waals surface area contributed by atoms with Crippen LogP contribution in [0.25, 0.3) is 0 Å². The van der Waals surface area contributed by atoms with E-state index in [-0.39, 0.29) is 5.56 Å². The number of rotatable bonds is 0. The number of benzene rings is 1. The lowest BCUT2D eigenvalue weighted by atomic mass is 10.1. The molecule has 0 amide bonds. The monoisotopic (exact) mass is 280 g/mol. The normalized spacial score (nSPS) is 13.0. The third kappa shape index (κ3) is 3.40. The van der Waals surface area contributed by atoms with Crippen molar-refractivity contribution in [3.05, 3.63) is 35.1 Å². The van der Waals surface area contributed by atoms with Gasteiger partial charge in [-0.2, -0.15) is 13.2 Å². The first kappa shape index (κ1) is 12.9. The van der Waals surface area contributed by atoms with Crippen molar-refractivity contribution in [2.24, 2.45) is 0 Å². The largest absolute Gasteiger partial charge is 0.416 e. The van der Waals surface area contributed by atoms with Crippen LogP contribution in [0.5, 0.6) is 0 Å². The Morgan fingerprint density at radius 3 is 1.73 bits per heavy atom. The van der Waals surface area contributed by atoms with Crippen LogP contribution < -0.4 is 0 Å². The zero-order valence-electron chi connectivity index (χ0n) is 6.88. The SMILES string of the molecule is Fc1cc(C(F)(F)F)cc(C(Cl)(Cl)Cl)c1. The first-order valence-electron chi connectivity index (χ1n) is 3.55. The van der Waals surface area contributed by atoms with E-state index < -0.39 is 21.3 Å². The molecule has 1 rings (SSSR count). The fraction of sp³-hybridized carbons (Fsp3) is 0.250. The molecule has 0 aromatic heterocycles. The molecular weight excluding hydrogens is 278 g/mol. The summed E-state index contributed by atoms with van der Waals surface area (Å²) in [6, 6.07) is 1.66. The molecule has 7 heteroatoms. The predicted molar refractivity (Wildman–Crippen MR) is 50.6 cm³/mol. The summed E-state index contributed by atoms with van der Waals surface area (Å²) in [5.41, 5.74) is -1.55. The average molecular weight is 281 g/mol. The Kier molecular flexibility index (Phi) is 3.43. The van der Waals surface area contributed by atoms with E-state index >= 15 is 0 Å². The van der Waals surface area contributed by atoms with Gasteiger partial charge in [-0.15, -0.1) is 0 Å². The second kappa shape index (κ2) is 4.00. The summed E-state index contributed by atoms with van der Waals surface area (Å²) in [5.74, 6) is -1.11. The van der Waals surface area contributed by atoms with Crippen LogP contribution >= 0.6 is 34.8 Å². The van der Waals surface area contributed by atoms with Crippen LogP contribution in [0.3, 0.4) is 0 Å². The van der Waals surface area contributed by atoms with Gasteiger partial charge in [0.2, 0.25) is 3.79 Å². The molecule has 0 atom stereocenters. The molecule has 0 saturated carbocycles. The van der Waals surface area contributed by atoms with Crippen LogP contribution in [0.4, 0.5) is 17.6 Å². The maximum Gasteiger partial charge on any atom is 0.416 e. The quantitative estimate of drug-likeness (QED) is 0.479. The van der Waals surface area contributed by atoms with Crippen LogP contribution in [0.1, 0.15) is 11.1 Å². The molecule has 0 unspecified atom stereocenters. The summed E-state index contributed by atoms with van der Waals surface area (Å²) in [6.07, 6.45) is -4.67. The van der Waals surface area contributed by atoms with Gasteiger partial charge in [0.1, 0.15) is 5.82 Å². The van der Waals surface area contributed by atoms with Crippen LogP contribution in [0, 0.1) is 5.82 Å². The second-order valence-corrected chi connectivity index (χ2v) is 5.01. The van der Waals surface area contributed by atoms with Gasteiger partial charge in [-0.05, 0) is 18.2 Å². The number of hydrogen-bond acceptors (Lipinski definition) is 0. The number of hydrogen-bond donors (Lipinski definition) is 0. The fourth-order valence-corrected chi connectivity index (χ4v) is 1.24. The molecule has 0 heterocycles. The van der Waals surface area contributed by atoms with E-state index in [0.717, 1.165) is 6.07 Å². The average Bonchev–Trinajstić information content (AvgIpc) is 1.99. The molecule has 0 saturated heterocycles. The highest BCUT2D eigenvalue weighted by Gasteiger charge is 2.34. The number of alkyl halides is 6. The highest BCUT2D eigenvalue weighted by Crippen LogP contribution is 2.41. The van der Waals surface area contributed by atoms with Gasteiger partial charge >= 0.3 is 6.18 Å². The van der Waals surface area contributed by atoms with Gasteiger partial charge in [0.25, 0.3) is 0 Å². The van der Waals surface area contributed by atoms with Crippen molar-refractivity contribution >= 4 is 34.8 Å². The first-order valence-corrected chi connectivity index (χ1v) is 4.69. The molecule has 0 aliphatic rings. The summed E-state index contributed by atoms with van der Waals surface area (Å²) in [7, 11) is 0. The molecule has 0 N–H and O–H groups in total. The van der Waals surface area contributed by atoms with E-state index in [1.807, 2.05) is 0 Å². The van der Waals surface area contributed by atoms with E-state index in [4.69, 9.17) is 34.8 Å². The number of halogens is 7. The van der Waals surface area contributed by atoms with Crippen LogP contribution in [-0.4, -0.2) is 0 Å². The minimum Gasteiger partial charge on any atom is -0.207 e. The topological polar surface area (TPSA) is 0 Å². The van der Waals surface area contributed by atoms with Gasteiger partial charge < -0.3 is 0 Å². The van der Waals surface area contributed by atoms with E-state index in [1.54, 1.807) is 0 Å². The molecule has 0 spiro atoms. The molecule has 1 aromatic carbocycles. The van der Waals surface area contributed by atoms with Crippen molar-refractivity contribution in [3.63, 3.8) is 0 Å². The summed E-state index contributed by atoms with van der Waals surface area (Å²) in [4.78, 5) is 0. The standard InChI is InChI=1S/C8H3Cl3F4/c9-7(10,11)4-1-5(8(13,14)15)3-6(12)2-4/h1-3H. The van der Waals surface area contributed by atoms with Crippen molar-refractivity contribution in [3.8, 4) is 0 Å². The van der Waals surface area contributed by atoms with Crippen molar-refractivity contribution < 1.29 is 17.6 Å². The van der Waals surface area contributed by atoms with Gasteiger partial charge in [0.05, 0.1) is 5.56 Å². The van der Waals surface area contributed by atoms with Crippen molar-refractivity contribution in [1.29, 1.82) is 0 Å². The van der Waals surface area contributed by atoms with Crippen molar-refractivity contribution in [2.45, 2.75) is 9.97 Å². The minimum atomic E-state index is -4.67. The first-order chi connectivity index (χ1) is 6.60. The van der Waals surface area contributed by atoms with E-state index in [1.165, 1.54) is 0 Å². The third-order valence-electron chi connectivity index (χ3n) is 1.55. The molecule has 0 nitrogen and oxygen atoms in total. The Morgan fingerprint density at radius 1 is 0.867 bits per heavy atom. The van der Waals surface area contributed by atoms with Crippen LogP contribution in [0.15, 0.2) is 18.2 Å². The minimum absolute atomic E-state index is 0.333. The summed E-state index contributed by atoms with van der Waals surface area (Å²) in [6.45, 7) is 0. The van der Waals surface area contributed by atoms with Gasteiger partial charge in [0, 0.05) is 5.56 Å². The van der Waals surface area contributed by atoms with Gasteiger partial charge in [0.15, 0.2) is 0 Å². The lowest BCUT2D eigenvalue weighted by molar-refractivity contribution is -0.137. The molecule has 84 valence electrons. The van der Waals surface area contributed by atoms with E-state index in [9.17, 15) is 17.6 Å². The molecule has 1 aromatic rings. The lowest BCUT2D eigenvalue weighted by Gasteiger charge is -2.14. The van der Waals surface area contributed by atoms with Gasteiger partial charge in [-0.1, -0.05) is 34.8 Å². The molecule has 15 heavy (non-hydrogen) atoms. The van der Waals surface area contributed by atoms with Crippen molar-refractivity contribution in [2.75, 3.05) is 0 Å². The van der Waals surface area contributed by atoms with Crippen molar-refractivity contribution in [1.82, 2.24) is 0 Å². The third-order valence-corrected chi connectivity index (χ3v) is 2.21.